The Bertz CT molecular complexity index is 2450. The topological polar surface area (TPSA) is 228 Å². The molecular weight excluding hydrogens is 942 g/mol. The van der Waals surface area contributed by atoms with Crippen molar-refractivity contribution in [2.75, 3.05) is 103 Å². The van der Waals surface area contributed by atoms with Crippen LogP contribution in [0.2, 0.25) is 10.0 Å². The first-order chi connectivity index (χ1) is 33.5. The van der Waals surface area contributed by atoms with Crippen LogP contribution in [0.15, 0.2) is 55.0 Å². The number of halogens is 3. The molecule has 370 valence electrons. The standard InChI is InChI=1S/C47H55Cl2FN8O11/c48-35-4-5-36(50)43(49)33(35)10-16-69-39-26-30(27-53-44(39)51)31-28-54-57(29-31)32-8-13-56(14-9-32)41(60)11-15-64-18-20-66-22-24-68-25-23-67-21-19-65-17-12-52-37-3-1-2-34-42(37)47(63)58(46(34)62)38-6-7-40(59)55-45(38)61/h1-5,26-29,32,38,52H,6-25H2,(H2,51,53)(H,55,59,61)/t38-/m1/s1. The molecule has 3 aliphatic rings. The van der Waals surface area contributed by atoms with E-state index >= 15 is 0 Å². The quantitative estimate of drug-likeness (QED) is 0.0439. The van der Waals surface area contributed by atoms with Crippen molar-refractivity contribution in [1.29, 1.82) is 0 Å². The Hall–Kier alpha value is -5.74. The van der Waals surface area contributed by atoms with Gasteiger partial charge < -0.3 is 44.4 Å². The number of rotatable bonds is 26. The van der Waals surface area contributed by atoms with E-state index in [1.54, 1.807) is 36.7 Å². The second kappa shape index (κ2) is 25.2. The molecule has 5 heterocycles. The van der Waals surface area contributed by atoms with Crippen LogP contribution in [0.5, 0.6) is 5.75 Å². The molecule has 22 heteroatoms. The average molecular weight is 998 g/mol. The van der Waals surface area contributed by atoms with Gasteiger partial charge in [-0.2, -0.15) is 5.10 Å². The molecule has 2 saturated heterocycles. The number of aromatic nitrogens is 3. The number of ether oxygens (including phenoxy) is 6. The van der Waals surface area contributed by atoms with Gasteiger partial charge in [0.25, 0.3) is 11.8 Å². The van der Waals surface area contributed by atoms with Crippen LogP contribution in [0, 0.1) is 5.82 Å². The van der Waals surface area contributed by atoms with E-state index in [0.29, 0.717) is 108 Å². The maximum Gasteiger partial charge on any atom is 0.264 e. The van der Waals surface area contributed by atoms with Crippen LogP contribution in [-0.4, -0.2) is 152 Å². The van der Waals surface area contributed by atoms with Crippen LogP contribution < -0.4 is 21.1 Å². The number of hydrogen-bond acceptors (Lipinski definition) is 15. The molecule has 69 heavy (non-hydrogen) atoms. The molecule has 0 radical (unpaired) electrons. The molecule has 19 nitrogen and oxygen atoms in total. The maximum atomic E-state index is 13.9. The van der Waals surface area contributed by atoms with Gasteiger partial charge in [0.05, 0.1) is 107 Å². The molecule has 0 bridgehead atoms. The van der Waals surface area contributed by atoms with Gasteiger partial charge in [-0.15, -0.1) is 0 Å². The molecule has 4 aromatic rings. The predicted molar refractivity (Wildman–Crippen MR) is 251 cm³/mol. The number of nitrogens with two attached hydrogens (primary N) is 1. The highest BCUT2D eigenvalue weighted by molar-refractivity contribution is 6.36. The summed E-state index contributed by atoms with van der Waals surface area (Å²) < 4.78 is 49.6. The van der Waals surface area contributed by atoms with E-state index < -0.39 is 35.5 Å². The van der Waals surface area contributed by atoms with Crippen LogP contribution in [0.4, 0.5) is 15.9 Å². The number of carbonyl (C=O) groups excluding carboxylic acids is 5. The van der Waals surface area contributed by atoms with E-state index in [2.05, 4.69) is 20.7 Å². The van der Waals surface area contributed by atoms with E-state index in [0.717, 1.165) is 28.9 Å². The zero-order chi connectivity index (χ0) is 48.7. The molecule has 2 aromatic carbocycles. The average Bonchev–Trinajstić information content (AvgIpc) is 3.94. The first kappa shape index (κ1) is 51.1. The van der Waals surface area contributed by atoms with Gasteiger partial charge in [-0.05, 0) is 55.2 Å². The normalized spacial score (nSPS) is 16.3. The fraction of sp³-hybridized carbons (Fsp3) is 0.468. The number of nitrogens with zero attached hydrogens (tertiary/aromatic N) is 5. The largest absolute Gasteiger partial charge is 0.489 e. The SMILES string of the molecule is Nc1ncc(-c2cnn(C3CCN(C(=O)CCOCCOCCOCCOCCOCCNc4cccc5c4C(=O)N([C@@H]4CCC(=O)NC4=O)C5=O)CC3)c2)cc1OCCc1c(Cl)ccc(F)c1Cl. The maximum absolute atomic E-state index is 13.9. The number of imide groups is 2. The molecule has 0 aliphatic carbocycles. The predicted octanol–water partition coefficient (Wildman–Crippen LogP) is 4.74. The van der Waals surface area contributed by atoms with E-state index in [-0.39, 0.29) is 66.2 Å². The van der Waals surface area contributed by atoms with Crippen LogP contribution in [0.25, 0.3) is 11.1 Å². The molecular formula is C47H55Cl2FN8O11. The smallest absolute Gasteiger partial charge is 0.264 e. The summed E-state index contributed by atoms with van der Waals surface area (Å²) in [6, 6.07) is 8.45. The second-order valence-electron chi connectivity index (χ2n) is 16.3. The number of anilines is 2. The van der Waals surface area contributed by atoms with Gasteiger partial charge >= 0.3 is 0 Å². The highest BCUT2D eigenvalue weighted by Gasteiger charge is 2.45. The van der Waals surface area contributed by atoms with Crippen LogP contribution in [0.1, 0.15) is 64.4 Å². The summed E-state index contributed by atoms with van der Waals surface area (Å²) in [4.78, 5) is 70.1. The molecule has 0 saturated carbocycles. The lowest BCUT2D eigenvalue weighted by Gasteiger charge is -2.32. The number of likely N-dealkylation sites (tertiary alicyclic amines) is 1. The number of piperidine rings is 2. The van der Waals surface area contributed by atoms with Gasteiger partial charge in [0.15, 0.2) is 11.6 Å². The highest BCUT2D eigenvalue weighted by atomic mass is 35.5. The minimum Gasteiger partial charge on any atom is -0.489 e. The zero-order valence-electron chi connectivity index (χ0n) is 37.9. The number of pyridine rings is 1. The Morgan fingerprint density at radius 2 is 1.51 bits per heavy atom. The third kappa shape index (κ3) is 13.5. The summed E-state index contributed by atoms with van der Waals surface area (Å²) >= 11 is 12.3. The van der Waals surface area contributed by atoms with E-state index in [9.17, 15) is 28.4 Å². The monoisotopic (exact) mass is 996 g/mol. The lowest BCUT2D eigenvalue weighted by Crippen LogP contribution is -2.54. The van der Waals surface area contributed by atoms with Crippen molar-refractivity contribution in [3.05, 3.63) is 87.5 Å². The van der Waals surface area contributed by atoms with E-state index in [1.807, 2.05) is 15.8 Å². The van der Waals surface area contributed by atoms with E-state index in [4.69, 9.17) is 57.4 Å². The Kier molecular flexibility index (Phi) is 18.7. The fourth-order valence-corrected chi connectivity index (χ4v) is 8.64. The van der Waals surface area contributed by atoms with Crippen molar-refractivity contribution >= 4 is 64.2 Å². The number of nitrogen functional groups attached to an aromatic ring is 1. The molecule has 4 N–H and O–H groups in total. The van der Waals surface area contributed by atoms with Gasteiger partial charge in [0, 0.05) is 66.7 Å². The van der Waals surface area contributed by atoms with Gasteiger partial charge in [0.2, 0.25) is 17.7 Å². The lowest BCUT2D eigenvalue weighted by atomic mass is 10.0. The van der Waals surface area contributed by atoms with Crippen molar-refractivity contribution in [1.82, 2.24) is 29.9 Å². The minimum atomic E-state index is -1.03. The summed E-state index contributed by atoms with van der Waals surface area (Å²) in [5.41, 5.74) is 9.01. The number of fused-ring (bicyclic) bond motifs is 1. The summed E-state index contributed by atoms with van der Waals surface area (Å²) in [7, 11) is 0. The van der Waals surface area contributed by atoms with Crippen molar-refractivity contribution in [3.63, 3.8) is 0 Å². The Morgan fingerprint density at radius 1 is 0.826 bits per heavy atom. The number of benzene rings is 2. The molecule has 7 rings (SSSR count). The Labute approximate surface area is 407 Å². The fourth-order valence-electron chi connectivity index (χ4n) is 8.08. The van der Waals surface area contributed by atoms with Gasteiger partial charge in [-0.3, -0.25) is 38.9 Å². The first-order valence-corrected chi connectivity index (χ1v) is 23.6. The van der Waals surface area contributed by atoms with Crippen molar-refractivity contribution < 1.29 is 56.8 Å². The molecule has 0 unspecified atom stereocenters. The molecule has 2 aromatic heterocycles. The minimum absolute atomic E-state index is 0.0332. The first-order valence-electron chi connectivity index (χ1n) is 22.8. The van der Waals surface area contributed by atoms with Crippen LogP contribution >= 0.6 is 23.2 Å². The third-order valence-corrected chi connectivity index (χ3v) is 12.5. The van der Waals surface area contributed by atoms with Crippen molar-refractivity contribution in [2.24, 2.45) is 0 Å². The Balaban J connectivity index is 0.667. The molecule has 0 spiro atoms. The van der Waals surface area contributed by atoms with Gasteiger partial charge in [-0.1, -0.05) is 29.3 Å². The third-order valence-electron chi connectivity index (χ3n) is 11.7. The number of nitrogens with one attached hydrogen (secondary N) is 2. The number of amides is 5. The zero-order valence-corrected chi connectivity index (χ0v) is 39.4. The molecule has 1 atom stereocenters. The molecule has 3 aliphatic heterocycles. The van der Waals surface area contributed by atoms with Gasteiger partial charge in [-0.25, -0.2) is 9.37 Å². The number of hydrogen-bond donors (Lipinski definition) is 3. The van der Waals surface area contributed by atoms with Gasteiger partial charge in [0.1, 0.15) is 11.9 Å². The van der Waals surface area contributed by atoms with Crippen LogP contribution in [0.3, 0.4) is 0 Å². The molecule has 2 fully saturated rings. The number of carbonyl (C=O) groups is 5. The van der Waals surface area contributed by atoms with Crippen LogP contribution in [-0.2, 0) is 44.5 Å². The summed E-state index contributed by atoms with van der Waals surface area (Å²) in [5.74, 6) is -2.13. The summed E-state index contributed by atoms with van der Waals surface area (Å²) in [6.07, 6.45) is 7.58. The lowest BCUT2D eigenvalue weighted by molar-refractivity contribution is -0.136. The second-order valence-corrected chi connectivity index (χ2v) is 17.0. The molecule has 5 amide bonds. The Morgan fingerprint density at radius 3 is 2.20 bits per heavy atom. The van der Waals surface area contributed by atoms with Crippen molar-refractivity contribution in [3.8, 4) is 16.9 Å². The highest BCUT2D eigenvalue weighted by Crippen LogP contribution is 2.34. The van der Waals surface area contributed by atoms with E-state index in [1.165, 1.54) is 12.1 Å². The summed E-state index contributed by atoms with van der Waals surface area (Å²) in [5, 5.41) is 10.2. The van der Waals surface area contributed by atoms with Crippen molar-refractivity contribution in [2.45, 2.75) is 50.6 Å². The summed E-state index contributed by atoms with van der Waals surface area (Å²) in [6.45, 7) is 5.37.